The van der Waals surface area contributed by atoms with Gasteiger partial charge in [-0.2, -0.15) is 4.73 Å². The lowest BCUT2D eigenvalue weighted by molar-refractivity contribution is -0.645. The van der Waals surface area contributed by atoms with Gasteiger partial charge in [0.05, 0.1) is 5.75 Å². The Labute approximate surface area is 167 Å². The van der Waals surface area contributed by atoms with Crippen LogP contribution in [0.4, 0.5) is 0 Å². The van der Waals surface area contributed by atoms with Crippen LogP contribution in [0.5, 0.6) is 0 Å². The molecule has 1 aromatic carbocycles. The van der Waals surface area contributed by atoms with Crippen molar-refractivity contribution in [2.75, 3.05) is 12.8 Å². The summed E-state index contributed by atoms with van der Waals surface area (Å²) in [7, 11) is 1.66. The standard InChI is InChI=1S/C20H21ClN2O3S/c1-22(18(25)14-27-19-11-5-7-13-23(19)26)20(12-6-4-10-17(20)24)15-8-2-3-9-16(15)21/h2-3,5,7-9,11,13H,4,6,10,12,14H2,1H3/t20-/m1/s1. The zero-order valence-corrected chi connectivity index (χ0v) is 16.6. The first-order valence-electron chi connectivity index (χ1n) is 8.83. The summed E-state index contributed by atoms with van der Waals surface area (Å²) in [5.74, 6) is -0.122. The number of amides is 1. The molecule has 0 N–H and O–H groups in total. The second kappa shape index (κ2) is 8.31. The van der Waals surface area contributed by atoms with Crippen LogP contribution < -0.4 is 4.73 Å². The molecule has 0 spiro atoms. The minimum absolute atomic E-state index is 0.0151. The van der Waals surface area contributed by atoms with Gasteiger partial charge in [-0.1, -0.05) is 29.8 Å². The molecule has 7 heteroatoms. The van der Waals surface area contributed by atoms with Crippen LogP contribution in [-0.2, 0) is 15.1 Å². The maximum absolute atomic E-state index is 13.0. The molecule has 27 heavy (non-hydrogen) atoms. The fraction of sp³-hybridized carbons (Fsp3) is 0.350. The second-order valence-electron chi connectivity index (χ2n) is 6.58. The number of aromatic nitrogens is 1. The molecule has 1 fully saturated rings. The van der Waals surface area contributed by atoms with Gasteiger partial charge in [-0.3, -0.25) is 9.59 Å². The van der Waals surface area contributed by atoms with Crippen LogP contribution in [0.3, 0.4) is 0 Å². The van der Waals surface area contributed by atoms with Gasteiger partial charge in [0.1, 0.15) is 5.54 Å². The van der Waals surface area contributed by atoms with Gasteiger partial charge in [0.2, 0.25) is 5.91 Å². The highest BCUT2D eigenvalue weighted by molar-refractivity contribution is 7.99. The Morgan fingerprint density at radius 1 is 1.26 bits per heavy atom. The normalized spacial score (nSPS) is 19.7. The van der Waals surface area contributed by atoms with Crippen molar-refractivity contribution < 1.29 is 14.3 Å². The molecule has 142 valence electrons. The first-order chi connectivity index (χ1) is 13.0. The average Bonchev–Trinajstić information content (AvgIpc) is 2.68. The smallest absolute Gasteiger partial charge is 0.251 e. The van der Waals surface area contributed by atoms with Crippen molar-refractivity contribution in [1.29, 1.82) is 0 Å². The van der Waals surface area contributed by atoms with E-state index in [-0.39, 0.29) is 17.4 Å². The SMILES string of the molecule is CN(C(=O)CSc1cccc[n+]1[O-])[C@@]1(c2ccccc2Cl)CCCCC1=O. The zero-order chi connectivity index (χ0) is 19.4. The van der Waals surface area contributed by atoms with E-state index in [0.29, 0.717) is 28.5 Å². The summed E-state index contributed by atoms with van der Waals surface area (Å²) in [6.07, 6.45) is 4.04. The number of thioether (sulfide) groups is 1. The van der Waals surface area contributed by atoms with E-state index < -0.39 is 5.54 Å². The first-order valence-corrected chi connectivity index (χ1v) is 10.2. The zero-order valence-electron chi connectivity index (χ0n) is 15.1. The maximum Gasteiger partial charge on any atom is 0.251 e. The van der Waals surface area contributed by atoms with Crippen LogP contribution in [0.15, 0.2) is 53.7 Å². The quantitative estimate of drug-likeness (QED) is 0.434. The number of likely N-dealkylation sites (N-methyl/N-ethyl adjacent to an activating group) is 1. The number of nitrogens with zero attached hydrogens (tertiary/aromatic N) is 2. The average molecular weight is 405 g/mol. The van der Waals surface area contributed by atoms with Gasteiger partial charge in [0, 0.05) is 36.2 Å². The molecule has 3 rings (SSSR count). The molecule has 5 nitrogen and oxygen atoms in total. The monoisotopic (exact) mass is 404 g/mol. The lowest BCUT2D eigenvalue weighted by atomic mass is 9.74. The Kier molecular flexibility index (Phi) is 6.07. The van der Waals surface area contributed by atoms with Crippen LogP contribution in [0.25, 0.3) is 0 Å². The molecular weight excluding hydrogens is 384 g/mol. The highest BCUT2D eigenvalue weighted by atomic mass is 35.5. The third-order valence-electron chi connectivity index (χ3n) is 5.05. The molecule has 1 amide bonds. The summed E-state index contributed by atoms with van der Waals surface area (Å²) in [4.78, 5) is 27.5. The Morgan fingerprint density at radius 3 is 2.70 bits per heavy atom. The fourth-order valence-corrected chi connectivity index (χ4v) is 4.72. The summed E-state index contributed by atoms with van der Waals surface area (Å²) >= 11 is 7.58. The molecule has 1 aliphatic carbocycles. The highest BCUT2D eigenvalue weighted by Gasteiger charge is 2.47. The molecule has 0 aliphatic heterocycles. The van der Waals surface area contributed by atoms with E-state index in [2.05, 4.69) is 0 Å². The van der Waals surface area contributed by atoms with Crippen molar-refractivity contribution in [1.82, 2.24) is 4.90 Å². The third kappa shape index (κ3) is 3.82. The molecule has 1 atom stereocenters. The van der Waals surface area contributed by atoms with E-state index in [1.54, 1.807) is 31.3 Å². The number of pyridine rings is 1. The molecule has 2 aromatic rings. The molecule has 1 saturated carbocycles. The van der Waals surface area contributed by atoms with E-state index in [1.807, 2.05) is 18.2 Å². The Balaban J connectivity index is 1.88. The Hall–Kier alpha value is -2.05. The van der Waals surface area contributed by atoms with E-state index in [0.717, 1.165) is 29.3 Å². The Bertz CT molecular complexity index is 861. The topological polar surface area (TPSA) is 64.3 Å². The fourth-order valence-electron chi connectivity index (χ4n) is 3.60. The van der Waals surface area contributed by atoms with Crippen molar-refractivity contribution in [2.24, 2.45) is 0 Å². The van der Waals surface area contributed by atoms with Crippen LogP contribution >= 0.6 is 23.4 Å². The number of Topliss-reactive ketones (excluding diaryl/α,β-unsaturated/α-hetero) is 1. The van der Waals surface area contributed by atoms with Crippen molar-refractivity contribution in [3.8, 4) is 0 Å². The van der Waals surface area contributed by atoms with Gasteiger partial charge >= 0.3 is 0 Å². The summed E-state index contributed by atoms with van der Waals surface area (Å²) < 4.78 is 0.730. The van der Waals surface area contributed by atoms with Crippen LogP contribution in [0.2, 0.25) is 5.02 Å². The number of rotatable bonds is 5. The molecule has 0 saturated heterocycles. The van der Waals surface area contributed by atoms with Crippen molar-refractivity contribution in [2.45, 2.75) is 36.2 Å². The first kappa shape index (κ1) is 19.7. The molecule has 0 bridgehead atoms. The van der Waals surface area contributed by atoms with Crippen LogP contribution in [0.1, 0.15) is 31.2 Å². The molecule has 0 unspecified atom stereocenters. The van der Waals surface area contributed by atoms with E-state index in [4.69, 9.17) is 11.6 Å². The summed E-state index contributed by atoms with van der Waals surface area (Å²) in [5.41, 5.74) is -0.367. The van der Waals surface area contributed by atoms with Crippen LogP contribution in [-0.4, -0.2) is 29.4 Å². The van der Waals surface area contributed by atoms with E-state index in [9.17, 15) is 14.8 Å². The highest BCUT2D eigenvalue weighted by Crippen LogP contribution is 2.42. The number of carbonyl (C=O) groups is 2. The number of halogens is 1. The van der Waals surface area contributed by atoms with Crippen molar-refractivity contribution in [3.05, 3.63) is 64.5 Å². The van der Waals surface area contributed by atoms with Crippen LogP contribution in [0, 0.1) is 5.21 Å². The lowest BCUT2D eigenvalue weighted by Crippen LogP contribution is -2.54. The van der Waals surface area contributed by atoms with Gasteiger partial charge in [-0.05, 0) is 43.2 Å². The molecule has 0 radical (unpaired) electrons. The number of carbonyl (C=O) groups excluding carboxylic acids is 2. The second-order valence-corrected chi connectivity index (χ2v) is 7.98. The van der Waals surface area contributed by atoms with Crippen molar-refractivity contribution >= 4 is 35.1 Å². The number of hydrogen-bond acceptors (Lipinski definition) is 4. The number of ketones is 1. The largest absolute Gasteiger partial charge is 0.618 e. The predicted molar refractivity (Wildman–Crippen MR) is 106 cm³/mol. The number of benzene rings is 1. The van der Waals surface area contributed by atoms with Gasteiger partial charge in [0.15, 0.2) is 12.0 Å². The number of hydrogen-bond donors (Lipinski definition) is 0. The maximum atomic E-state index is 13.0. The molecular formula is C20H21ClN2O3S. The lowest BCUT2D eigenvalue weighted by Gasteiger charge is -2.44. The Morgan fingerprint density at radius 2 is 2.00 bits per heavy atom. The summed E-state index contributed by atoms with van der Waals surface area (Å²) in [6.45, 7) is 0. The van der Waals surface area contributed by atoms with Crippen molar-refractivity contribution in [3.63, 3.8) is 0 Å². The minimum atomic E-state index is -1.04. The minimum Gasteiger partial charge on any atom is -0.618 e. The van der Waals surface area contributed by atoms with E-state index >= 15 is 0 Å². The van der Waals surface area contributed by atoms with E-state index in [1.165, 1.54) is 11.1 Å². The van der Waals surface area contributed by atoms with Gasteiger partial charge in [-0.15, -0.1) is 0 Å². The predicted octanol–water partition coefficient (Wildman–Crippen LogP) is 3.56. The van der Waals surface area contributed by atoms with Gasteiger partial charge < -0.3 is 10.1 Å². The molecule has 1 aromatic heterocycles. The molecule has 1 aliphatic rings. The molecule has 1 heterocycles. The van der Waals surface area contributed by atoms with Gasteiger partial charge in [-0.25, -0.2) is 0 Å². The summed E-state index contributed by atoms with van der Waals surface area (Å²) in [6, 6.07) is 12.3. The third-order valence-corrected chi connectivity index (χ3v) is 6.38. The summed E-state index contributed by atoms with van der Waals surface area (Å²) in [5, 5.41) is 12.7. The van der Waals surface area contributed by atoms with Gasteiger partial charge in [0.25, 0.3) is 5.03 Å².